The van der Waals surface area contributed by atoms with Gasteiger partial charge in [0.1, 0.15) is 6.17 Å². The second kappa shape index (κ2) is 6.68. The molecule has 1 fully saturated rings. The van der Waals surface area contributed by atoms with Gasteiger partial charge in [0.25, 0.3) is 0 Å². The number of thioether (sulfide) groups is 1. The Labute approximate surface area is 101 Å². The van der Waals surface area contributed by atoms with Crippen molar-refractivity contribution in [3.63, 3.8) is 0 Å². The van der Waals surface area contributed by atoms with E-state index in [-0.39, 0.29) is 0 Å². The van der Waals surface area contributed by atoms with Gasteiger partial charge in [-0.2, -0.15) is 5.10 Å². The molecule has 1 atom stereocenters. The first-order valence-corrected chi connectivity index (χ1v) is 6.53. The van der Waals surface area contributed by atoms with Crippen LogP contribution in [0.2, 0.25) is 0 Å². The highest BCUT2D eigenvalue weighted by molar-refractivity contribution is 8.13. The highest BCUT2D eigenvalue weighted by Crippen LogP contribution is 2.20. The third kappa shape index (κ3) is 3.96. The maximum Gasteiger partial charge on any atom is 0.119 e. The summed E-state index contributed by atoms with van der Waals surface area (Å²) in [6, 6.07) is 0. The van der Waals surface area contributed by atoms with Crippen LogP contribution in [0.5, 0.6) is 0 Å². The van der Waals surface area contributed by atoms with Crippen molar-refractivity contribution in [2.24, 2.45) is 10.2 Å². The lowest BCUT2D eigenvalue weighted by atomic mass is 10.2. The fraction of sp³-hybridized carbons (Fsp3) is 0.636. The zero-order valence-corrected chi connectivity index (χ0v) is 10.5. The first kappa shape index (κ1) is 13.2. The zero-order chi connectivity index (χ0) is 12.0. The summed E-state index contributed by atoms with van der Waals surface area (Å²) in [6.07, 6.45) is 3.49. The lowest BCUT2D eigenvalue weighted by Gasteiger charge is -2.20. The summed E-state index contributed by atoms with van der Waals surface area (Å²) in [4.78, 5) is 2.02. The maximum atomic E-state index is 13.0. The predicted molar refractivity (Wildman–Crippen MR) is 70.0 cm³/mol. The molecule has 0 bridgehead atoms. The van der Waals surface area contributed by atoms with E-state index in [9.17, 15) is 4.39 Å². The Kier molecular flexibility index (Phi) is 5.52. The van der Waals surface area contributed by atoms with E-state index >= 15 is 0 Å². The molecule has 0 spiro atoms. The topological polar surface area (TPSA) is 28.0 Å². The molecule has 1 unspecified atom stereocenters. The van der Waals surface area contributed by atoms with Gasteiger partial charge in [0, 0.05) is 31.9 Å². The minimum atomic E-state index is -0.694. The average Bonchev–Trinajstić information content (AvgIpc) is 2.70. The molecule has 0 aromatic carbocycles. The summed E-state index contributed by atoms with van der Waals surface area (Å²) < 4.78 is 13.0. The summed E-state index contributed by atoms with van der Waals surface area (Å²) in [6.45, 7) is 8.59. The van der Waals surface area contributed by atoms with Gasteiger partial charge in [-0.05, 0) is 19.1 Å². The molecule has 0 radical (unpaired) electrons. The van der Waals surface area contributed by atoms with E-state index < -0.39 is 6.17 Å². The van der Waals surface area contributed by atoms with Crippen LogP contribution in [0.4, 0.5) is 4.39 Å². The normalized spacial score (nSPS) is 21.2. The minimum absolute atomic E-state index is 0.490. The van der Waals surface area contributed by atoms with E-state index in [1.807, 2.05) is 11.2 Å². The van der Waals surface area contributed by atoms with Gasteiger partial charge in [-0.1, -0.05) is 6.58 Å². The van der Waals surface area contributed by atoms with Gasteiger partial charge in [-0.25, -0.2) is 4.39 Å². The van der Waals surface area contributed by atoms with Crippen LogP contribution in [0, 0.1) is 0 Å². The molecule has 1 rings (SSSR count). The molecule has 1 saturated heterocycles. The third-order valence-electron chi connectivity index (χ3n) is 2.62. The largest absolute Gasteiger partial charge is 0.372 e. The van der Waals surface area contributed by atoms with Gasteiger partial charge in [-0.3, -0.25) is 0 Å². The van der Waals surface area contributed by atoms with Crippen LogP contribution in [0.3, 0.4) is 0 Å². The van der Waals surface area contributed by atoms with Crippen molar-refractivity contribution in [3.05, 3.63) is 12.3 Å². The Hall–Kier alpha value is -0.840. The smallest absolute Gasteiger partial charge is 0.119 e. The number of halogens is 1. The van der Waals surface area contributed by atoms with Gasteiger partial charge in [-0.15, -0.1) is 16.9 Å². The summed E-state index contributed by atoms with van der Waals surface area (Å²) in [7, 11) is 0. The molecule has 16 heavy (non-hydrogen) atoms. The van der Waals surface area contributed by atoms with E-state index in [0.29, 0.717) is 13.0 Å². The van der Waals surface area contributed by atoms with Gasteiger partial charge in [0.05, 0.1) is 5.04 Å². The van der Waals surface area contributed by atoms with E-state index in [2.05, 4.69) is 23.5 Å². The van der Waals surface area contributed by atoms with E-state index in [1.54, 1.807) is 11.8 Å². The summed E-state index contributed by atoms with van der Waals surface area (Å²) in [5.41, 5.74) is 0.992. The molecular weight excluding hydrogens is 225 g/mol. The minimum Gasteiger partial charge on any atom is -0.372 e. The van der Waals surface area contributed by atoms with Crippen molar-refractivity contribution in [2.45, 2.75) is 25.4 Å². The van der Waals surface area contributed by atoms with Crippen LogP contribution in [0.25, 0.3) is 0 Å². The Bertz CT molecular complexity index is 291. The molecule has 0 N–H and O–H groups in total. The van der Waals surface area contributed by atoms with Crippen molar-refractivity contribution >= 4 is 23.5 Å². The van der Waals surface area contributed by atoms with E-state index in [4.69, 9.17) is 0 Å². The number of hydrogen-bond donors (Lipinski definition) is 0. The Morgan fingerprint density at radius 2 is 2.31 bits per heavy atom. The van der Waals surface area contributed by atoms with Gasteiger partial charge in [0.2, 0.25) is 0 Å². The molecule has 3 nitrogen and oxygen atoms in total. The molecular formula is C11H18FN3S. The molecule has 90 valence electrons. The number of rotatable bonds is 5. The van der Waals surface area contributed by atoms with Crippen LogP contribution in [0.15, 0.2) is 22.5 Å². The average molecular weight is 243 g/mol. The molecule has 1 heterocycles. The molecule has 0 saturated carbocycles. The predicted octanol–water partition coefficient (Wildman–Crippen LogP) is 2.70. The second-order valence-electron chi connectivity index (χ2n) is 3.74. The SMILES string of the molecule is C=N/N=C(/CCC(=C)N1CCC(F)C1)SC. The van der Waals surface area contributed by atoms with E-state index in [1.165, 1.54) is 0 Å². The standard InChI is InChI=1S/C11H18FN3S/c1-9(15-7-6-10(12)8-15)4-5-11(16-3)14-13-2/h10H,1-2,4-8H2,3H3/b14-11-. The zero-order valence-electron chi connectivity index (χ0n) is 9.65. The lowest BCUT2D eigenvalue weighted by molar-refractivity contribution is 0.321. The summed E-state index contributed by atoms with van der Waals surface area (Å²) in [5.74, 6) is 0. The number of nitrogens with zero attached hydrogens (tertiary/aromatic N) is 3. The first-order chi connectivity index (χ1) is 7.67. The molecule has 0 aromatic heterocycles. The van der Waals surface area contributed by atoms with Crippen molar-refractivity contribution in [1.82, 2.24) is 4.90 Å². The van der Waals surface area contributed by atoms with Crippen LogP contribution < -0.4 is 0 Å². The summed E-state index contributed by atoms with van der Waals surface area (Å²) >= 11 is 1.56. The van der Waals surface area contributed by atoms with Crippen molar-refractivity contribution < 1.29 is 4.39 Å². The fourth-order valence-electron chi connectivity index (χ4n) is 1.69. The van der Waals surface area contributed by atoms with Crippen molar-refractivity contribution in [1.29, 1.82) is 0 Å². The van der Waals surface area contributed by atoms with Crippen LogP contribution >= 0.6 is 11.8 Å². The maximum absolute atomic E-state index is 13.0. The molecule has 0 aliphatic carbocycles. The first-order valence-electron chi connectivity index (χ1n) is 5.30. The lowest BCUT2D eigenvalue weighted by Crippen LogP contribution is -2.20. The fourth-order valence-corrected chi connectivity index (χ4v) is 2.13. The molecule has 1 aliphatic rings. The second-order valence-corrected chi connectivity index (χ2v) is 4.62. The molecule has 0 amide bonds. The third-order valence-corrected chi connectivity index (χ3v) is 3.38. The number of hydrogen-bond acceptors (Lipinski definition) is 4. The number of likely N-dealkylation sites (tertiary alicyclic amines) is 1. The highest BCUT2D eigenvalue weighted by atomic mass is 32.2. The summed E-state index contributed by atoms with van der Waals surface area (Å²) in [5, 5.41) is 8.36. The molecule has 5 heteroatoms. The number of alkyl halides is 1. The Morgan fingerprint density at radius 1 is 1.56 bits per heavy atom. The Morgan fingerprint density at radius 3 is 2.81 bits per heavy atom. The van der Waals surface area contributed by atoms with Crippen LogP contribution in [0.1, 0.15) is 19.3 Å². The molecule has 1 aliphatic heterocycles. The van der Waals surface area contributed by atoms with Gasteiger partial charge >= 0.3 is 0 Å². The van der Waals surface area contributed by atoms with Crippen molar-refractivity contribution in [2.75, 3.05) is 19.3 Å². The monoisotopic (exact) mass is 243 g/mol. The highest BCUT2D eigenvalue weighted by Gasteiger charge is 2.22. The van der Waals surface area contributed by atoms with Gasteiger partial charge < -0.3 is 4.90 Å². The van der Waals surface area contributed by atoms with Crippen molar-refractivity contribution in [3.8, 4) is 0 Å². The number of allylic oxidation sites excluding steroid dienone is 1. The van der Waals surface area contributed by atoms with E-state index in [0.717, 1.165) is 30.1 Å². The van der Waals surface area contributed by atoms with Crippen LogP contribution in [-0.2, 0) is 0 Å². The Balaban J connectivity index is 2.34. The molecule has 0 aromatic rings. The van der Waals surface area contributed by atoms with Gasteiger partial charge in [0.15, 0.2) is 0 Å². The van der Waals surface area contributed by atoms with Crippen LogP contribution in [-0.4, -0.2) is 42.2 Å². The quantitative estimate of drug-likeness (QED) is 0.422.